The highest BCUT2D eigenvalue weighted by Gasteiger charge is 2.04. The molecule has 0 heterocycles. The van der Waals surface area contributed by atoms with Crippen molar-refractivity contribution < 1.29 is 4.74 Å². The predicted octanol–water partition coefficient (Wildman–Crippen LogP) is 4.97. The zero-order valence-corrected chi connectivity index (χ0v) is 13.4. The second kappa shape index (κ2) is 11.0. The Labute approximate surface area is 128 Å². The zero-order valence-electron chi connectivity index (χ0n) is 12.7. The Morgan fingerprint density at radius 1 is 1.05 bits per heavy atom. The van der Waals surface area contributed by atoms with Crippen molar-refractivity contribution in [1.82, 2.24) is 0 Å². The number of halogens is 1. The molecule has 1 rings (SSSR count). The van der Waals surface area contributed by atoms with Crippen molar-refractivity contribution in [3.63, 3.8) is 0 Å². The van der Waals surface area contributed by atoms with Gasteiger partial charge in [0.15, 0.2) is 0 Å². The van der Waals surface area contributed by atoms with E-state index < -0.39 is 0 Å². The fourth-order valence-corrected chi connectivity index (χ4v) is 2.48. The molecule has 2 nitrogen and oxygen atoms in total. The maximum absolute atomic E-state index is 6.00. The summed E-state index contributed by atoms with van der Waals surface area (Å²) in [5.41, 5.74) is 6.73. The van der Waals surface area contributed by atoms with Crippen molar-refractivity contribution in [2.24, 2.45) is 5.73 Å². The van der Waals surface area contributed by atoms with Crippen LogP contribution in [0.5, 0.6) is 5.75 Å². The first kappa shape index (κ1) is 17.3. The average Bonchev–Trinajstić information content (AvgIpc) is 2.44. The number of benzene rings is 1. The Hall–Kier alpha value is -0.730. The maximum Gasteiger partial charge on any atom is 0.122 e. The van der Waals surface area contributed by atoms with Crippen LogP contribution in [0.3, 0.4) is 0 Å². The molecule has 3 heteroatoms. The van der Waals surface area contributed by atoms with Gasteiger partial charge in [-0.05, 0) is 43.1 Å². The number of unbranched alkanes of at least 4 members (excludes halogenated alkanes) is 6. The molecule has 0 bridgehead atoms. The summed E-state index contributed by atoms with van der Waals surface area (Å²) >= 11 is 6.00. The van der Waals surface area contributed by atoms with Crippen LogP contribution in [0, 0.1) is 0 Å². The van der Waals surface area contributed by atoms with Crippen LogP contribution in [-0.4, -0.2) is 13.2 Å². The van der Waals surface area contributed by atoms with Crippen LogP contribution in [-0.2, 0) is 6.42 Å². The van der Waals surface area contributed by atoms with Crippen LogP contribution in [0.1, 0.15) is 57.4 Å². The van der Waals surface area contributed by atoms with Crippen LogP contribution < -0.4 is 10.5 Å². The molecule has 0 radical (unpaired) electrons. The van der Waals surface area contributed by atoms with Crippen molar-refractivity contribution in [1.29, 1.82) is 0 Å². The van der Waals surface area contributed by atoms with Crippen LogP contribution in [0.15, 0.2) is 18.2 Å². The standard InChI is InChI=1S/C17H28ClNO/c1-2-3-4-5-6-7-8-13-20-17-10-9-16(18)14-15(17)11-12-19/h9-10,14H,2-8,11-13,19H2,1H3. The number of ether oxygens (including phenoxy) is 1. The molecule has 0 spiro atoms. The second-order valence-corrected chi connectivity index (χ2v) is 5.70. The normalized spacial score (nSPS) is 10.8. The first-order chi connectivity index (χ1) is 9.77. The van der Waals surface area contributed by atoms with E-state index in [9.17, 15) is 0 Å². The van der Waals surface area contributed by atoms with Gasteiger partial charge in [0, 0.05) is 5.02 Å². The van der Waals surface area contributed by atoms with Gasteiger partial charge in [-0.25, -0.2) is 0 Å². The van der Waals surface area contributed by atoms with Gasteiger partial charge in [0.1, 0.15) is 5.75 Å². The molecule has 0 aliphatic rings. The van der Waals surface area contributed by atoms with Crippen molar-refractivity contribution in [3.05, 3.63) is 28.8 Å². The van der Waals surface area contributed by atoms with E-state index in [2.05, 4.69) is 6.92 Å². The largest absolute Gasteiger partial charge is 0.493 e. The summed E-state index contributed by atoms with van der Waals surface area (Å²) in [7, 11) is 0. The Balaban J connectivity index is 2.21. The van der Waals surface area contributed by atoms with Crippen molar-refractivity contribution in [2.75, 3.05) is 13.2 Å². The van der Waals surface area contributed by atoms with Gasteiger partial charge in [-0.15, -0.1) is 0 Å². The Bertz CT molecular complexity index is 368. The zero-order chi connectivity index (χ0) is 14.6. The molecule has 0 aliphatic carbocycles. The summed E-state index contributed by atoms with van der Waals surface area (Å²) in [5.74, 6) is 0.936. The molecule has 0 atom stereocenters. The highest BCUT2D eigenvalue weighted by molar-refractivity contribution is 6.30. The van der Waals surface area contributed by atoms with Gasteiger partial charge >= 0.3 is 0 Å². The lowest BCUT2D eigenvalue weighted by molar-refractivity contribution is 0.301. The van der Waals surface area contributed by atoms with E-state index in [1.54, 1.807) is 0 Å². The Morgan fingerprint density at radius 2 is 1.75 bits per heavy atom. The lowest BCUT2D eigenvalue weighted by Crippen LogP contribution is -2.06. The summed E-state index contributed by atoms with van der Waals surface area (Å²) in [6.07, 6.45) is 9.91. The molecular formula is C17H28ClNO. The number of hydrogen-bond donors (Lipinski definition) is 1. The van der Waals surface area contributed by atoms with Gasteiger partial charge < -0.3 is 10.5 Å². The summed E-state index contributed by atoms with van der Waals surface area (Å²) in [5, 5.41) is 0.747. The van der Waals surface area contributed by atoms with Crippen LogP contribution in [0.2, 0.25) is 5.02 Å². The maximum atomic E-state index is 6.00. The fourth-order valence-electron chi connectivity index (χ4n) is 2.28. The molecule has 0 aliphatic heterocycles. The molecule has 0 unspecified atom stereocenters. The minimum atomic E-state index is 0.619. The van der Waals surface area contributed by atoms with Gasteiger partial charge in [0.2, 0.25) is 0 Å². The third-order valence-electron chi connectivity index (χ3n) is 3.44. The highest BCUT2D eigenvalue weighted by Crippen LogP contribution is 2.23. The predicted molar refractivity (Wildman–Crippen MR) is 87.7 cm³/mol. The molecule has 1 aromatic rings. The number of hydrogen-bond acceptors (Lipinski definition) is 2. The van der Waals surface area contributed by atoms with Crippen molar-refractivity contribution in [3.8, 4) is 5.75 Å². The minimum Gasteiger partial charge on any atom is -0.493 e. The first-order valence-corrected chi connectivity index (χ1v) is 8.27. The average molecular weight is 298 g/mol. The van der Waals surface area contributed by atoms with E-state index in [4.69, 9.17) is 22.1 Å². The van der Waals surface area contributed by atoms with Gasteiger partial charge in [-0.2, -0.15) is 0 Å². The van der Waals surface area contributed by atoms with Gasteiger partial charge in [0.25, 0.3) is 0 Å². The first-order valence-electron chi connectivity index (χ1n) is 7.89. The van der Waals surface area contributed by atoms with Crippen LogP contribution >= 0.6 is 11.6 Å². The van der Waals surface area contributed by atoms with Gasteiger partial charge in [-0.1, -0.05) is 57.0 Å². The van der Waals surface area contributed by atoms with E-state index in [0.717, 1.165) is 35.8 Å². The quantitative estimate of drug-likeness (QED) is 0.585. The van der Waals surface area contributed by atoms with Crippen molar-refractivity contribution >= 4 is 11.6 Å². The summed E-state index contributed by atoms with van der Waals surface area (Å²) in [6, 6.07) is 5.78. The fraction of sp³-hybridized carbons (Fsp3) is 0.647. The molecule has 0 fully saturated rings. The number of nitrogens with two attached hydrogens (primary N) is 1. The van der Waals surface area contributed by atoms with Crippen molar-refractivity contribution in [2.45, 2.75) is 58.3 Å². The minimum absolute atomic E-state index is 0.619. The van der Waals surface area contributed by atoms with E-state index >= 15 is 0 Å². The third-order valence-corrected chi connectivity index (χ3v) is 3.68. The van der Waals surface area contributed by atoms with E-state index in [1.165, 1.54) is 38.5 Å². The highest BCUT2D eigenvalue weighted by atomic mass is 35.5. The van der Waals surface area contributed by atoms with E-state index in [1.807, 2.05) is 18.2 Å². The molecule has 114 valence electrons. The topological polar surface area (TPSA) is 35.2 Å². The smallest absolute Gasteiger partial charge is 0.122 e. The molecule has 1 aromatic carbocycles. The lowest BCUT2D eigenvalue weighted by Gasteiger charge is -2.11. The molecule has 0 amide bonds. The summed E-state index contributed by atoms with van der Waals surface area (Å²) in [6.45, 7) is 3.65. The van der Waals surface area contributed by atoms with Crippen LogP contribution in [0.4, 0.5) is 0 Å². The summed E-state index contributed by atoms with van der Waals surface area (Å²) in [4.78, 5) is 0. The monoisotopic (exact) mass is 297 g/mol. The third kappa shape index (κ3) is 7.16. The Morgan fingerprint density at radius 3 is 2.45 bits per heavy atom. The SMILES string of the molecule is CCCCCCCCCOc1ccc(Cl)cc1CCN. The second-order valence-electron chi connectivity index (χ2n) is 5.26. The van der Waals surface area contributed by atoms with Gasteiger partial charge in [0.05, 0.1) is 6.61 Å². The molecular weight excluding hydrogens is 270 g/mol. The van der Waals surface area contributed by atoms with E-state index in [-0.39, 0.29) is 0 Å². The van der Waals surface area contributed by atoms with Crippen LogP contribution in [0.25, 0.3) is 0 Å². The number of rotatable bonds is 11. The Kier molecular flexibility index (Phi) is 9.52. The summed E-state index contributed by atoms with van der Waals surface area (Å²) < 4.78 is 5.86. The molecule has 0 saturated heterocycles. The molecule has 0 saturated carbocycles. The molecule has 20 heavy (non-hydrogen) atoms. The molecule has 0 aromatic heterocycles. The lowest BCUT2D eigenvalue weighted by atomic mass is 10.1. The molecule has 2 N–H and O–H groups in total. The van der Waals surface area contributed by atoms with Gasteiger partial charge in [-0.3, -0.25) is 0 Å². The van der Waals surface area contributed by atoms with E-state index in [0.29, 0.717) is 6.54 Å².